The topological polar surface area (TPSA) is 27.3 Å². The van der Waals surface area contributed by atoms with E-state index >= 15 is 0 Å². The number of thiocarbonyl (C=S) groups is 1. The van der Waals surface area contributed by atoms with Crippen LogP contribution in [0.3, 0.4) is 0 Å². The van der Waals surface area contributed by atoms with E-state index < -0.39 is 0 Å². The minimum absolute atomic E-state index is 0.665. The molecule has 0 unspecified atom stereocenters. The van der Waals surface area contributed by atoms with E-state index in [1.807, 2.05) is 91.0 Å². The third kappa shape index (κ3) is 4.08. The van der Waals surface area contributed by atoms with E-state index in [1.165, 1.54) is 0 Å². The van der Waals surface area contributed by atoms with Gasteiger partial charge in [0.1, 0.15) is 0 Å². The van der Waals surface area contributed by atoms with E-state index in [2.05, 4.69) is 10.9 Å². The van der Waals surface area contributed by atoms with Gasteiger partial charge in [-0.05, 0) is 24.3 Å². The van der Waals surface area contributed by atoms with E-state index in [-0.39, 0.29) is 0 Å². The molecule has 0 radical (unpaired) electrons. The van der Waals surface area contributed by atoms with Gasteiger partial charge in [0.15, 0.2) is 4.99 Å². The second-order valence-electron chi connectivity index (χ2n) is 4.96. The minimum Gasteiger partial charge on any atom is -0.279 e. The molecular weight excluding hydrogens is 302 g/mol. The van der Waals surface area contributed by atoms with Crippen LogP contribution in [0.1, 0.15) is 5.56 Å². The van der Waals surface area contributed by atoms with Gasteiger partial charge in [-0.15, -0.1) is 0 Å². The summed E-state index contributed by atoms with van der Waals surface area (Å²) >= 11 is 5.64. The first-order chi connectivity index (χ1) is 11.3. The van der Waals surface area contributed by atoms with Crippen LogP contribution >= 0.6 is 12.2 Å². The van der Waals surface area contributed by atoms with Crippen molar-refractivity contribution < 1.29 is 0 Å². The number of hydrazine groups is 2. The van der Waals surface area contributed by atoms with Crippen LogP contribution < -0.4 is 10.9 Å². The molecule has 0 bridgehead atoms. The number of benzene rings is 3. The Hall–Kier alpha value is -2.85. The van der Waals surface area contributed by atoms with E-state index in [1.54, 1.807) is 5.12 Å². The van der Waals surface area contributed by atoms with Gasteiger partial charge in [-0.25, -0.2) is 0 Å². The third-order valence-electron chi connectivity index (χ3n) is 3.25. The van der Waals surface area contributed by atoms with Crippen LogP contribution in [0.4, 0.5) is 11.4 Å². The molecule has 0 aliphatic heterocycles. The highest BCUT2D eigenvalue weighted by Gasteiger charge is 2.12. The first kappa shape index (κ1) is 15.1. The molecule has 0 aliphatic rings. The summed E-state index contributed by atoms with van der Waals surface area (Å²) < 4.78 is 0. The Labute approximate surface area is 141 Å². The van der Waals surface area contributed by atoms with Crippen molar-refractivity contribution in [3.05, 3.63) is 96.6 Å². The molecular formula is C19H17N3S. The molecule has 3 aromatic rings. The fourth-order valence-corrected chi connectivity index (χ4v) is 2.35. The summed E-state index contributed by atoms with van der Waals surface area (Å²) in [5.41, 5.74) is 9.49. The maximum Gasteiger partial charge on any atom is 0.151 e. The number of rotatable bonds is 5. The molecule has 114 valence electrons. The third-order valence-corrected chi connectivity index (χ3v) is 3.67. The Morgan fingerprint density at radius 3 is 1.43 bits per heavy atom. The fraction of sp³-hybridized carbons (Fsp3) is 0. The zero-order valence-electron chi connectivity index (χ0n) is 12.5. The standard InChI is InChI=1S/C19H17N3S/c23-19(16-10-4-1-5-11-16)22(20-17-12-6-2-7-13-17)21-18-14-8-3-9-15-18/h1-15,20-21H. The van der Waals surface area contributed by atoms with Gasteiger partial charge in [0.05, 0.1) is 11.4 Å². The zero-order valence-corrected chi connectivity index (χ0v) is 13.3. The van der Waals surface area contributed by atoms with Crippen molar-refractivity contribution >= 4 is 28.6 Å². The number of hydrogen-bond acceptors (Lipinski definition) is 3. The predicted molar refractivity (Wildman–Crippen MR) is 100 cm³/mol. The van der Waals surface area contributed by atoms with Gasteiger partial charge in [-0.1, -0.05) is 78.9 Å². The summed E-state index contributed by atoms with van der Waals surface area (Å²) in [4.78, 5) is 0.665. The zero-order chi connectivity index (χ0) is 15.9. The number of anilines is 2. The van der Waals surface area contributed by atoms with Crippen molar-refractivity contribution in [1.82, 2.24) is 5.12 Å². The fourth-order valence-electron chi connectivity index (χ4n) is 2.12. The molecule has 0 aromatic heterocycles. The Morgan fingerprint density at radius 1 is 0.609 bits per heavy atom. The van der Waals surface area contributed by atoms with Gasteiger partial charge in [-0.2, -0.15) is 5.12 Å². The quantitative estimate of drug-likeness (QED) is 0.526. The summed E-state index contributed by atoms with van der Waals surface area (Å²) in [6.07, 6.45) is 0. The molecule has 0 heterocycles. The molecule has 0 spiro atoms. The molecule has 2 N–H and O–H groups in total. The Morgan fingerprint density at radius 2 is 1.00 bits per heavy atom. The van der Waals surface area contributed by atoms with Crippen LogP contribution in [-0.4, -0.2) is 10.1 Å². The van der Waals surface area contributed by atoms with Crippen LogP contribution in [0, 0.1) is 0 Å². The Kier molecular flexibility index (Phi) is 4.86. The Bertz CT molecular complexity index is 704. The lowest BCUT2D eigenvalue weighted by Gasteiger charge is -2.28. The highest BCUT2D eigenvalue weighted by atomic mass is 32.1. The Balaban J connectivity index is 1.85. The monoisotopic (exact) mass is 319 g/mol. The van der Waals surface area contributed by atoms with E-state index in [9.17, 15) is 0 Å². The molecule has 3 aromatic carbocycles. The van der Waals surface area contributed by atoms with Gasteiger partial charge in [0.25, 0.3) is 0 Å². The second-order valence-corrected chi connectivity index (χ2v) is 5.35. The SMILES string of the molecule is S=C(c1ccccc1)N(Nc1ccccc1)Nc1ccccc1. The summed E-state index contributed by atoms with van der Waals surface area (Å²) in [5.74, 6) is 0. The van der Waals surface area contributed by atoms with E-state index in [0.29, 0.717) is 4.99 Å². The van der Waals surface area contributed by atoms with Gasteiger partial charge >= 0.3 is 0 Å². The highest BCUT2D eigenvalue weighted by Crippen LogP contribution is 2.14. The van der Waals surface area contributed by atoms with Crippen LogP contribution in [0.2, 0.25) is 0 Å². The first-order valence-corrected chi connectivity index (χ1v) is 7.77. The van der Waals surface area contributed by atoms with Crippen molar-refractivity contribution in [1.29, 1.82) is 0 Å². The number of para-hydroxylation sites is 2. The van der Waals surface area contributed by atoms with Crippen LogP contribution in [0.25, 0.3) is 0 Å². The van der Waals surface area contributed by atoms with Gasteiger partial charge in [0, 0.05) is 5.56 Å². The molecule has 0 saturated heterocycles. The lowest BCUT2D eigenvalue weighted by molar-refractivity contribution is 0.608. The average Bonchev–Trinajstić information content (AvgIpc) is 2.63. The molecule has 3 nitrogen and oxygen atoms in total. The maximum absolute atomic E-state index is 5.64. The molecule has 0 saturated carbocycles. The van der Waals surface area contributed by atoms with Gasteiger partial charge in [-0.3, -0.25) is 10.9 Å². The van der Waals surface area contributed by atoms with Crippen molar-refractivity contribution in [3.63, 3.8) is 0 Å². The first-order valence-electron chi connectivity index (χ1n) is 7.36. The molecule has 0 aliphatic carbocycles. The van der Waals surface area contributed by atoms with Crippen molar-refractivity contribution in [2.45, 2.75) is 0 Å². The van der Waals surface area contributed by atoms with Gasteiger partial charge < -0.3 is 0 Å². The lowest BCUT2D eigenvalue weighted by atomic mass is 10.2. The molecule has 23 heavy (non-hydrogen) atoms. The lowest BCUT2D eigenvalue weighted by Crippen LogP contribution is -2.40. The van der Waals surface area contributed by atoms with Crippen LogP contribution in [0.15, 0.2) is 91.0 Å². The minimum atomic E-state index is 0.665. The molecule has 4 heteroatoms. The maximum atomic E-state index is 5.64. The molecule has 3 rings (SSSR count). The van der Waals surface area contributed by atoms with Gasteiger partial charge in [0.2, 0.25) is 0 Å². The molecule has 0 atom stereocenters. The summed E-state index contributed by atoms with van der Waals surface area (Å²) in [6, 6.07) is 29.8. The van der Waals surface area contributed by atoms with E-state index in [0.717, 1.165) is 16.9 Å². The van der Waals surface area contributed by atoms with Crippen LogP contribution in [0.5, 0.6) is 0 Å². The normalized spacial score (nSPS) is 9.91. The summed E-state index contributed by atoms with van der Waals surface area (Å²) in [5, 5.41) is 1.76. The summed E-state index contributed by atoms with van der Waals surface area (Å²) in [6.45, 7) is 0. The molecule has 0 fully saturated rings. The van der Waals surface area contributed by atoms with Crippen molar-refractivity contribution in [3.8, 4) is 0 Å². The van der Waals surface area contributed by atoms with E-state index in [4.69, 9.17) is 12.2 Å². The average molecular weight is 319 g/mol. The largest absolute Gasteiger partial charge is 0.279 e. The number of hydrogen-bond donors (Lipinski definition) is 2. The molecule has 0 amide bonds. The predicted octanol–water partition coefficient (Wildman–Crippen LogP) is 4.72. The summed E-state index contributed by atoms with van der Waals surface area (Å²) in [7, 11) is 0. The van der Waals surface area contributed by atoms with Crippen LogP contribution in [-0.2, 0) is 0 Å². The number of nitrogens with one attached hydrogen (secondary N) is 2. The number of nitrogens with zero attached hydrogens (tertiary/aromatic N) is 1. The van der Waals surface area contributed by atoms with Crippen molar-refractivity contribution in [2.75, 3.05) is 10.9 Å². The highest BCUT2D eigenvalue weighted by molar-refractivity contribution is 7.80. The smallest absolute Gasteiger partial charge is 0.151 e. The van der Waals surface area contributed by atoms with Crippen molar-refractivity contribution in [2.24, 2.45) is 0 Å². The second kappa shape index (κ2) is 7.42.